The minimum absolute atomic E-state index is 0.0199. The molecule has 8 heteroatoms. The first-order valence-corrected chi connectivity index (χ1v) is 7.74. The molecule has 0 unspecified atom stereocenters. The molecule has 1 aromatic carbocycles. The number of sulfonamides is 1. The topological polar surface area (TPSA) is 101 Å². The standard InChI is InChI=1S/C12H14N2O5S/c15-12(9-5-6-9)7-13(8-12)20(18,19)11-4-2-1-3-10(11)14(16)17/h1-4,9,15H,5-8H2. The summed E-state index contributed by atoms with van der Waals surface area (Å²) in [6.07, 6.45) is 1.83. The van der Waals surface area contributed by atoms with E-state index in [1.165, 1.54) is 24.3 Å². The summed E-state index contributed by atoms with van der Waals surface area (Å²) in [6.45, 7) is 0.0398. The van der Waals surface area contributed by atoms with E-state index in [4.69, 9.17) is 0 Å². The molecule has 1 heterocycles. The largest absolute Gasteiger partial charge is 0.387 e. The number of β-amino-alcohol motifs (C(OH)–C–C–N with tert-alkyl or cyclic N) is 1. The summed E-state index contributed by atoms with van der Waals surface area (Å²) >= 11 is 0. The molecule has 7 nitrogen and oxygen atoms in total. The number of nitro groups is 1. The van der Waals surface area contributed by atoms with E-state index in [1.807, 2.05) is 0 Å². The van der Waals surface area contributed by atoms with Gasteiger partial charge in [-0.05, 0) is 24.8 Å². The second kappa shape index (κ2) is 4.24. The highest BCUT2D eigenvalue weighted by molar-refractivity contribution is 7.89. The Kier molecular flexibility index (Phi) is 2.86. The van der Waals surface area contributed by atoms with Crippen LogP contribution in [0.15, 0.2) is 29.2 Å². The Bertz CT molecular complexity index is 662. The zero-order valence-electron chi connectivity index (χ0n) is 10.6. The van der Waals surface area contributed by atoms with Crippen LogP contribution in [0.3, 0.4) is 0 Å². The number of hydrogen-bond acceptors (Lipinski definition) is 5. The predicted molar refractivity (Wildman–Crippen MR) is 69.5 cm³/mol. The first-order valence-electron chi connectivity index (χ1n) is 6.30. The minimum Gasteiger partial charge on any atom is -0.387 e. The summed E-state index contributed by atoms with van der Waals surface area (Å²) in [5, 5.41) is 21.1. The van der Waals surface area contributed by atoms with Gasteiger partial charge in [-0.2, -0.15) is 4.31 Å². The van der Waals surface area contributed by atoms with E-state index in [-0.39, 0.29) is 23.9 Å². The highest BCUT2D eigenvalue weighted by atomic mass is 32.2. The average molecular weight is 298 g/mol. The van der Waals surface area contributed by atoms with Crippen LogP contribution in [0.5, 0.6) is 0 Å². The van der Waals surface area contributed by atoms with Crippen molar-refractivity contribution < 1.29 is 18.4 Å². The lowest BCUT2D eigenvalue weighted by Crippen LogP contribution is -2.64. The molecule has 1 N–H and O–H groups in total. The molecule has 1 aromatic rings. The molecule has 0 radical (unpaired) electrons. The molecule has 1 saturated heterocycles. The number of benzene rings is 1. The molecule has 0 bridgehead atoms. The van der Waals surface area contributed by atoms with E-state index >= 15 is 0 Å². The van der Waals surface area contributed by atoms with Gasteiger partial charge in [0, 0.05) is 19.2 Å². The smallest absolute Gasteiger partial charge is 0.289 e. The molecule has 20 heavy (non-hydrogen) atoms. The lowest BCUT2D eigenvalue weighted by molar-refractivity contribution is -0.387. The van der Waals surface area contributed by atoms with Gasteiger partial charge in [0.1, 0.15) is 0 Å². The highest BCUT2D eigenvalue weighted by Crippen LogP contribution is 2.46. The normalized spacial score (nSPS) is 22.2. The quantitative estimate of drug-likeness (QED) is 0.652. The summed E-state index contributed by atoms with van der Waals surface area (Å²) in [5.41, 5.74) is -1.38. The lowest BCUT2D eigenvalue weighted by atomic mass is 9.91. The van der Waals surface area contributed by atoms with Crippen molar-refractivity contribution in [3.05, 3.63) is 34.4 Å². The molecule has 108 valence electrons. The van der Waals surface area contributed by atoms with Crippen molar-refractivity contribution in [2.45, 2.75) is 23.3 Å². The summed E-state index contributed by atoms with van der Waals surface area (Å²) < 4.78 is 25.9. The molecule has 0 spiro atoms. The molecule has 2 aliphatic rings. The van der Waals surface area contributed by atoms with Crippen LogP contribution in [0.1, 0.15) is 12.8 Å². The Balaban J connectivity index is 1.88. The summed E-state index contributed by atoms with van der Waals surface area (Å²) in [7, 11) is -3.92. The van der Waals surface area contributed by atoms with Gasteiger partial charge in [0.15, 0.2) is 4.90 Å². The maximum absolute atomic E-state index is 12.4. The summed E-state index contributed by atoms with van der Waals surface area (Å²) in [6, 6.07) is 5.27. The van der Waals surface area contributed by atoms with Crippen molar-refractivity contribution in [1.29, 1.82) is 0 Å². The van der Waals surface area contributed by atoms with Crippen molar-refractivity contribution >= 4 is 15.7 Å². The Morgan fingerprint density at radius 1 is 1.30 bits per heavy atom. The monoisotopic (exact) mass is 298 g/mol. The Hall–Kier alpha value is -1.51. The number of para-hydroxylation sites is 1. The van der Waals surface area contributed by atoms with Gasteiger partial charge < -0.3 is 5.11 Å². The fourth-order valence-electron chi connectivity index (χ4n) is 2.58. The summed E-state index contributed by atoms with van der Waals surface area (Å²) in [5.74, 6) is 0.166. The molecule has 2 fully saturated rings. The fraction of sp³-hybridized carbons (Fsp3) is 0.500. The van der Waals surface area contributed by atoms with Gasteiger partial charge in [-0.15, -0.1) is 0 Å². The van der Waals surface area contributed by atoms with Crippen molar-refractivity contribution in [2.75, 3.05) is 13.1 Å². The van der Waals surface area contributed by atoms with E-state index in [0.29, 0.717) is 0 Å². The summed E-state index contributed by atoms with van der Waals surface area (Å²) in [4.78, 5) is 9.89. The van der Waals surface area contributed by atoms with Crippen LogP contribution in [0.25, 0.3) is 0 Å². The second-order valence-corrected chi connectivity index (χ2v) is 7.28. The third-order valence-corrected chi connectivity index (χ3v) is 5.76. The maximum atomic E-state index is 12.4. The van der Waals surface area contributed by atoms with Gasteiger partial charge >= 0.3 is 0 Å². The maximum Gasteiger partial charge on any atom is 0.289 e. The molecular weight excluding hydrogens is 284 g/mol. The number of nitrogens with zero attached hydrogens (tertiary/aromatic N) is 2. The van der Waals surface area contributed by atoms with E-state index in [1.54, 1.807) is 0 Å². The van der Waals surface area contributed by atoms with Crippen molar-refractivity contribution in [1.82, 2.24) is 4.31 Å². The Morgan fingerprint density at radius 3 is 2.45 bits per heavy atom. The molecule has 0 atom stereocenters. The van der Waals surface area contributed by atoms with Gasteiger partial charge in [0.05, 0.1) is 10.5 Å². The van der Waals surface area contributed by atoms with Gasteiger partial charge in [-0.3, -0.25) is 10.1 Å². The van der Waals surface area contributed by atoms with Crippen molar-refractivity contribution in [3.8, 4) is 0 Å². The Morgan fingerprint density at radius 2 is 1.90 bits per heavy atom. The van der Waals surface area contributed by atoms with Gasteiger partial charge in [-0.25, -0.2) is 8.42 Å². The third-order valence-electron chi connectivity index (χ3n) is 3.92. The molecule has 1 aliphatic heterocycles. The Labute approximate surface area is 116 Å². The SMILES string of the molecule is O=[N+]([O-])c1ccccc1S(=O)(=O)N1CC(O)(C2CC2)C1. The van der Waals surface area contributed by atoms with Crippen molar-refractivity contribution in [3.63, 3.8) is 0 Å². The zero-order chi connectivity index (χ0) is 14.5. The number of nitro benzene ring substituents is 1. The third kappa shape index (κ3) is 2.00. The van der Waals surface area contributed by atoms with Crippen LogP contribution in [-0.4, -0.2) is 41.4 Å². The average Bonchev–Trinajstić information content (AvgIpc) is 3.19. The fourth-order valence-corrected chi connectivity index (χ4v) is 4.30. The molecular formula is C12H14N2O5S. The number of aliphatic hydroxyl groups is 1. The first kappa shape index (κ1) is 13.5. The van der Waals surface area contributed by atoms with Crippen LogP contribution in [0, 0.1) is 16.0 Å². The molecule has 1 saturated carbocycles. The molecule has 0 amide bonds. The lowest BCUT2D eigenvalue weighted by Gasteiger charge is -2.45. The van der Waals surface area contributed by atoms with Crippen molar-refractivity contribution in [2.24, 2.45) is 5.92 Å². The molecule has 3 rings (SSSR count). The van der Waals surface area contributed by atoms with Crippen LogP contribution < -0.4 is 0 Å². The van der Waals surface area contributed by atoms with Crippen LogP contribution >= 0.6 is 0 Å². The second-order valence-electron chi connectivity index (χ2n) is 5.38. The molecule has 1 aliphatic carbocycles. The predicted octanol–water partition coefficient (Wildman–Crippen LogP) is 0.740. The van der Waals surface area contributed by atoms with Crippen LogP contribution in [-0.2, 0) is 10.0 Å². The van der Waals surface area contributed by atoms with Crippen LogP contribution in [0.4, 0.5) is 5.69 Å². The number of rotatable bonds is 4. The van der Waals surface area contributed by atoms with E-state index in [0.717, 1.165) is 17.1 Å². The highest BCUT2D eigenvalue weighted by Gasteiger charge is 2.55. The first-order chi connectivity index (χ1) is 9.34. The van der Waals surface area contributed by atoms with Gasteiger partial charge in [-0.1, -0.05) is 12.1 Å². The van der Waals surface area contributed by atoms with E-state index in [9.17, 15) is 23.6 Å². The number of hydrogen-bond donors (Lipinski definition) is 1. The van der Waals surface area contributed by atoms with Crippen LogP contribution in [0.2, 0.25) is 0 Å². The molecule has 0 aromatic heterocycles. The zero-order valence-corrected chi connectivity index (χ0v) is 11.4. The van der Waals surface area contributed by atoms with E-state index in [2.05, 4.69) is 0 Å². The van der Waals surface area contributed by atoms with E-state index < -0.39 is 26.2 Å². The minimum atomic E-state index is -3.92. The van der Waals surface area contributed by atoms with Gasteiger partial charge in [0.25, 0.3) is 5.69 Å². The van der Waals surface area contributed by atoms with Gasteiger partial charge in [0.2, 0.25) is 10.0 Å².